The Hall–Kier alpha value is -1.22. The predicted octanol–water partition coefficient (Wildman–Crippen LogP) is 0.353. The molecular weight excluding hydrogens is 128 g/mol. The molecule has 0 saturated heterocycles. The Morgan fingerprint density at radius 2 is 2.50 bits per heavy atom. The molecule has 3 nitrogen and oxygen atoms in total. The van der Waals surface area contributed by atoms with Gasteiger partial charge in [0.2, 0.25) is 0 Å². The first-order chi connectivity index (χ1) is 4.86. The van der Waals surface area contributed by atoms with Crippen LogP contribution in [0.1, 0.15) is 16.1 Å². The van der Waals surface area contributed by atoms with E-state index in [0.717, 1.165) is 5.56 Å². The Balaban J connectivity index is 2.98. The van der Waals surface area contributed by atoms with Crippen LogP contribution in [0.25, 0.3) is 0 Å². The molecule has 0 radical (unpaired) electrons. The highest BCUT2D eigenvalue weighted by atomic mass is 16.1. The third kappa shape index (κ3) is 1.39. The van der Waals surface area contributed by atoms with E-state index in [1.165, 1.54) is 0 Å². The third-order valence-corrected chi connectivity index (χ3v) is 1.20. The van der Waals surface area contributed by atoms with Crippen molar-refractivity contribution < 1.29 is 4.79 Å². The topological polar surface area (TPSA) is 56.0 Å². The van der Waals surface area contributed by atoms with E-state index >= 15 is 0 Å². The lowest BCUT2D eigenvalue weighted by atomic mass is 10.2. The number of carbonyl (C=O) groups excluding carboxylic acids is 1. The molecule has 1 heterocycles. The Morgan fingerprint density at radius 3 is 3.10 bits per heavy atom. The molecule has 1 rings (SSSR count). The quantitative estimate of drug-likeness (QED) is 0.597. The van der Waals surface area contributed by atoms with Gasteiger partial charge >= 0.3 is 0 Å². The van der Waals surface area contributed by atoms with Crippen molar-refractivity contribution >= 4 is 6.29 Å². The molecular formula is C7H8N2O. The molecule has 0 unspecified atom stereocenters. The zero-order chi connectivity index (χ0) is 7.40. The summed E-state index contributed by atoms with van der Waals surface area (Å²) in [6.45, 7) is 0.448. The molecule has 0 bridgehead atoms. The summed E-state index contributed by atoms with van der Waals surface area (Å²) in [6.07, 6.45) is 2.28. The van der Waals surface area contributed by atoms with E-state index < -0.39 is 0 Å². The minimum Gasteiger partial charge on any atom is -0.326 e. The average molecular weight is 136 g/mol. The first-order valence-electron chi connectivity index (χ1n) is 2.97. The van der Waals surface area contributed by atoms with Crippen molar-refractivity contribution in [1.82, 2.24) is 4.98 Å². The van der Waals surface area contributed by atoms with Crippen molar-refractivity contribution in [3.63, 3.8) is 0 Å². The lowest BCUT2D eigenvalue weighted by Crippen LogP contribution is -1.97. The van der Waals surface area contributed by atoms with Gasteiger partial charge in [0.25, 0.3) is 0 Å². The van der Waals surface area contributed by atoms with Crippen LogP contribution in [-0.2, 0) is 6.54 Å². The predicted molar refractivity (Wildman–Crippen MR) is 37.5 cm³/mol. The standard InChI is InChI=1S/C7H8N2O/c8-4-6-1-2-9-7(3-6)5-10/h1-3,5H,4,8H2. The molecule has 1 aromatic rings. The Morgan fingerprint density at radius 1 is 1.70 bits per heavy atom. The summed E-state index contributed by atoms with van der Waals surface area (Å²) in [7, 11) is 0. The van der Waals surface area contributed by atoms with Crippen LogP contribution in [0, 0.1) is 0 Å². The molecule has 3 heteroatoms. The second-order valence-electron chi connectivity index (χ2n) is 1.91. The number of hydrogen-bond donors (Lipinski definition) is 1. The maximum Gasteiger partial charge on any atom is 0.168 e. The van der Waals surface area contributed by atoms with E-state index in [4.69, 9.17) is 5.73 Å². The minimum atomic E-state index is 0.433. The van der Waals surface area contributed by atoms with Gasteiger partial charge in [-0.15, -0.1) is 0 Å². The van der Waals surface area contributed by atoms with Crippen molar-refractivity contribution in [1.29, 1.82) is 0 Å². The van der Waals surface area contributed by atoms with Crippen molar-refractivity contribution in [2.45, 2.75) is 6.54 Å². The second-order valence-corrected chi connectivity index (χ2v) is 1.91. The van der Waals surface area contributed by atoms with E-state index in [2.05, 4.69) is 4.98 Å². The number of pyridine rings is 1. The highest BCUT2D eigenvalue weighted by Crippen LogP contribution is 1.97. The fourth-order valence-corrected chi connectivity index (χ4v) is 0.686. The largest absolute Gasteiger partial charge is 0.326 e. The second kappa shape index (κ2) is 3.08. The van der Waals surface area contributed by atoms with Crippen LogP contribution in [0.3, 0.4) is 0 Å². The number of hydrogen-bond acceptors (Lipinski definition) is 3. The molecule has 0 aliphatic rings. The summed E-state index contributed by atoms with van der Waals surface area (Å²) in [4.78, 5) is 14.0. The van der Waals surface area contributed by atoms with Gasteiger partial charge in [-0.25, -0.2) is 0 Å². The van der Waals surface area contributed by atoms with Crippen LogP contribution in [0.2, 0.25) is 0 Å². The van der Waals surface area contributed by atoms with Gasteiger partial charge in [0.05, 0.1) is 0 Å². The van der Waals surface area contributed by atoms with Crippen LogP contribution in [0.5, 0.6) is 0 Å². The molecule has 0 aliphatic heterocycles. The van der Waals surface area contributed by atoms with E-state index in [1.807, 2.05) is 0 Å². The summed E-state index contributed by atoms with van der Waals surface area (Å²) in [5.41, 5.74) is 6.69. The maximum atomic E-state index is 10.2. The van der Waals surface area contributed by atoms with Crippen LogP contribution in [0.15, 0.2) is 18.3 Å². The Labute approximate surface area is 58.9 Å². The number of aromatic nitrogens is 1. The number of nitrogens with two attached hydrogens (primary N) is 1. The van der Waals surface area contributed by atoms with Crippen LogP contribution >= 0.6 is 0 Å². The average Bonchev–Trinajstić information content (AvgIpc) is 2.05. The summed E-state index contributed by atoms with van der Waals surface area (Å²) >= 11 is 0. The molecule has 0 aliphatic carbocycles. The number of nitrogens with zero attached hydrogens (tertiary/aromatic N) is 1. The summed E-state index contributed by atoms with van der Waals surface area (Å²) in [5.74, 6) is 0. The van der Waals surface area contributed by atoms with E-state index in [-0.39, 0.29) is 0 Å². The lowest BCUT2D eigenvalue weighted by Gasteiger charge is -1.94. The monoisotopic (exact) mass is 136 g/mol. The normalized spacial score (nSPS) is 9.30. The van der Waals surface area contributed by atoms with Crippen molar-refractivity contribution in [2.75, 3.05) is 0 Å². The van der Waals surface area contributed by atoms with Gasteiger partial charge in [-0.1, -0.05) is 0 Å². The van der Waals surface area contributed by atoms with E-state index in [9.17, 15) is 4.79 Å². The van der Waals surface area contributed by atoms with Gasteiger partial charge in [0, 0.05) is 12.7 Å². The summed E-state index contributed by atoms with van der Waals surface area (Å²) in [5, 5.41) is 0. The fourth-order valence-electron chi connectivity index (χ4n) is 0.686. The number of aldehydes is 1. The smallest absolute Gasteiger partial charge is 0.168 e. The summed E-state index contributed by atoms with van der Waals surface area (Å²) in [6, 6.07) is 3.46. The van der Waals surface area contributed by atoms with Gasteiger partial charge in [-0.3, -0.25) is 9.78 Å². The zero-order valence-electron chi connectivity index (χ0n) is 5.45. The summed E-state index contributed by atoms with van der Waals surface area (Å²) < 4.78 is 0. The number of carbonyl (C=O) groups is 1. The van der Waals surface area contributed by atoms with Crippen LogP contribution in [-0.4, -0.2) is 11.3 Å². The molecule has 1 aromatic heterocycles. The molecule has 52 valence electrons. The van der Waals surface area contributed by atoms with Crippen molar-refractivity contribution in [3.05, 3.63) is 29.6 Å². The van der Waals surface area contributed by atoms with E-state index in [1.54, 1.807) is 18.3 Å². The third-order valence-electron chi connectivity index (χ3n) is 1.20. The van der Waals surface area contributed by atoms with Gasteiger partial charge < -0.3 is 5.73 Å². The molecule has 0 atom stereocenters. The van der Waals surface area contributed by atoms with Crippen LogP contribution < -0.4 is 5.73 Å². The SMILES string of the molecule is NCc1ccnc(C=O)c1. The first-order valence-corrected chi connectivity index (χ1v) is 2.97. The zero-order valence-corrected chi connectivity index (χ0v) is 5.45. The molecule has 0 spiro atoms. The van der Waals surface area contributed by atoms with Crippen molar-refractivity contribution in [3.8, 4) is 0 Å². The lowest BCUT2D eigenvalue weighted by molar-refractivity contribution is 0.111. The fraction of sp³-hybridized carbons (Fsp3) is 0.143. The van der Waals surface area contributed by atoms with Gasteiger partial charge in [0.1, 0.15) is 5.69 Å². The van der Waals surface area contributed by atoms with Gasteiger partial charge in [0.15, 0.2) is 6.29 Å². The van der Waals surface area contributed by atoms with Crippen molar-refractivity contribution in [2.24, 2.45) is 5.73 Å². The number of rotatable bonds is 2. The maximum absolute atomic E-state index is 10.2. The highest BCUT2D eigenvalue weighted by molar-refractivity contribution is 5.71. The highest BCUT2D eigenvalue weighted by Gasteiger charge is 1.91. The van der Waals surface area contributed by atoms with Gasteiger partial charge in [-0.2, -0.15) is 0 Å². The van der Waals surface area contributed by atoms with E-state index in [0.29, 0.717) is 18.5 Å². The molecule has 0 aromatic carbocycles. The molecule has 0 amide bonds. The Kier molecular flexibility index (Phi) is 2.12. The van der Waals surface area contributed by atoms with Crippen LogP contribution in [0.4, 0.5) is 0 Å². The molecule has 2 N–H and O–H groups in total. The minimum absolute atomic E-state index is 0.433. The van der Waals surface area contributed by atoms with Gasteiger partial charge in [-0.05, 0) is 17.7 Å². The molecule has 0 saturated carbocycles. The first kappa shape index (κ1) is 6.89. The Bertz CT molecular complexity index is 235. The molecule has 0 fully saturated rings. The molecule has 10 heavy (non-hydrogen) atoms.